The van der Waals surface area contributed by atoms with E-state index in [-0.39, 0.29) is 29.4 Å². The Bertz CT molecular complexity index is 1160. The maximum atomic E-state index is 13.4. The van der Waals surface area contributed by atoms with Crippen molar-refractivity contribution in [2.75, 3.05) is 26.8 Å². The van der Waals surface area contributed by atoms with Gasteiger partial charge in [0.15, 0.2) is 0 Å². The molecule has 1 N–H and O–H groups in total. The Morgan fingerprint density at radius 3 is 2.50 bits per heavy atom. The molecule has 3 heterocycles. The molecule has 1 unspecified atom stereocenters. The van der Waals surface area contributed by atoms with Gasteiger partial charge in [-0.05, 0) is 60.9 Å². The van der Waals surface area contributed by atoms with E-state index in [0.717, 1.165) is 10.4 Å². The van der Waals surface area contributed by atoms with Crippen molar-refractivity contribution in [3.63, 3.8) is 0 Å². The molecule has 2 aliphatic heterocycles. The molecule has 1 atom stereocenters. The van der Waals surface area contributed by atoms with Crippen LogP contribution < -0.4 is 4.74 Å². The molecule has 0 aliphatic carbocycles. The summed E-state index contributed by atoms with van der Waals surface area (Å²) in [7, 11) is 1.59. The fourth-order valence-corrected chi connectivity index (χ4v) is 5.81. The lowest BCUT2D eigenvalue weighted by molar-refractivity contribution is -0.142. The minimum Gasteiger partial charge on any atom is -0.507 e. The highest BCUT2D eigenvalue weighted by Gasteiger charge is 2.49. The Morgan fingerprint density at radius 1 is 1.19 bits per heavy atom. The molecule has 0 bridgehead atoms. The van der Waals surface area contributed by atoms with Gasteiger partial charge in [0.1, 0.15) is 11.5 Å². The molecule has 2 aliphatic rings. The Labute approximate surface area is 215 Å². The molecule has 8 nitrogen and oxygen atoms in total. The van der Waals surface area contributed by atoms with Gasteiger partial charge in [0.25, 0.3) is 11.7 Å². The number of aliphatic hydroxyl groups is 1. The Morgan fingerprint density at radius 2 is 1.92 bits per heavy atom. The van der Waals surface area contributed by atoms with Crippen LogP contribution in [0.15, 0.2) is 41.3 Å². The number of hydrogen-bond donors (Lipinski definition) is 1. The summed E-state index contributed by atoms with van der Waals surface area (Å²) in [5, 5.41) is 13.3. The number of thiophene rings is 1. The van der Waals surface area contributed by atoms with Gasteiger partial charge >= 0.3 is 6.09 Å². The zero-order valence-electron chi connectivity index (χ0n) is 21.0. The number of piperidine rings is 1. The first-order valence-corrected chi connectivity index (χ1v) is 13.1. The van der Waals surface area contributed by atoms with Crippen LogP contribution >= 0.6 is 11.3 Å². The molecule has 4 rings (SSSR count). The molecule has 36 heavy (non-hydrogen) atoms. The van der Waals surface area contributed by atoms with Crippen molar-refractivity contribution in [1.29, 1.82) is 0 Å². The normalized spacial score (nSPS) is 20.3. The van der Waals surface area contributed by atoms with Crippen LogP contribution in [0.4, 0.5) is 4.79 Å². The Kier molecular flexibility index (Phi) is 7.68. The van der Waals surface area contributed by atoms with Crippen molar-refractivity contribution < 1.29 is 29.0 Å². The van der Waals surface area contributed by atoms with E-state index in [1.807, 2.05) is 37.4 Å². The molecule has 9 heteroatoms. The third-order valence-electron chi connectivity index (χ3n) is 6.80. The van der Waals surface area contributed by atoms with Gasteiger partial charge in [-0.15, -0.1) is 11.3 Å². The second-order valence-electron chi connectivity index (χ2n) is 9.25. The molecule has 192 valence electrons. The summed E-state index contributed by atoms with van der Waals surface area (Å²) in [6.45, 7) is 6.97. The number of ether oxygens (including phenoxy) is 2. The minimum absolute atomic E-state index is 0.0927. The summed E-state index contributed by atoms with van der Waals surface area (Å²) >= 11 is 1.44. The van der Waals surface area contributed by atoms with Crippen LogP contribution in [0.2, 0.25) is 0 Å². The van der Waals surface area contributed by atoms with Crippen molar-refractivity contribution in [2.45, 2.75) is 51.6 Å². The molecule has 2 amide bonds. The summed E-state index contributed by atoms with van der Waals surface area (Å²) in [4.78, 5) is 42.9. The number of carbonyl (C=O) groups excluding carboxylic acids is 3. The molecule has 1 aromatic carbocycles. The van der Waals surface area contributed by atoms with Crippen molar-refractivity contribution >= 4 is 34.9 Å². The van der Waals surface area contributed by atoms with Gasteiger partial charge in [-0.1, -0.05) is 19.9 Å². The second-order valence-corrected chi connectivity index (χ2v) is 10.2. The lowest BCUT2D eigenvalue weighted by Gasteiger charge is -2.38. The maximum absolute atomic E-state index is 13.4. The monoisotopic (exact) mass is 512 g/mol. The summed E-state index contributed by atoms with van der Waals surface area (Å²) < 4.78 is 10.6. The number of aliphatic hydroxyl groups excluding tert-OH is 1. The zero-order chi connectivity index (χ0) is 26.0. The van der Waals surface area contributed by atoms with Crippen LogP contribution in [0.5, 0.6) is 5.75 Å². The molecular formula is C27H32N2O6S. The SMILES string of the molecule is CCOC(=O)N1CCC(N2C(=O)C(=O)/C(=C(\O)c3ccc(OC)c(C(C)C)c3)C2c2cccs2)CC1. The van der Waals surface area contributed by atoms with E-state index in [9.17, 15) is 19.5 Å². The van der Waals surface area contributed by atoms with Gasteiger partial charge in [-0.2, -0.15) is 0 Å². The lowest BCUT2D eigenvalue weighted by atomic mass is 9.94. The smallest absolute Gasteiger partial charge is 0.409 e. The summed E-state index contributed by atoms with van der Waals surface area (Å²) in [6, 6.07) is 8.11. The molecule has 0 spiro atoms. The fraction of sp³-hybridized carbons (Fsp3) is 0.444. The maximum Gasteiger partial charge on any atom is 0.409 e. The second kappa shape index (κ2) is 10.7. The van der Waals surface area contributed by atoms with Crippen molar-refractivity contribution in [3.05, 3.63) is 57.3 Å². The third-order valence-corrected chi connectivity index (χ3v) is 7.73. The number of Topliss-reactive ketones (excluding diaryl/α,β-unsaturated/α-hetero) is 1. The van der Waals surface area contributed by atoms with E-state index in [4.69, 9.17) is 9.47 Å². The standard InChI is InChI=1S/C27H32N2O6S/c1-5-35-27(33)28-12-10-18(11-13-28)29-23(21-7-6-14-36-21)22(25(31)26(29)32)24(30)17-8-9-20(34-4)19(15-17)16(2)3/h6-9,14-16,18,23,30H,5,10-13H2,1-4H3/b24-22-. The van der Waals surface area contributed by atoms with Crippen molar-refractivity contribution in [2.24, 2.45) is 0 Å². The van der Waals surface area contributed by atoms with Gasteiger partial charge in [-0.3, -0.25) is 9.59 Å². The number of likely N-dealkylation sites (tertiary alicyclic amines) is 2. The minimum atomic E-state index is -0.694. The zero-order valence-corrected chi connectivity index (χ0v) is 21.8. The van der Waals surface area contributed by atoms with Gasteiger partial charge in [0, 0.05) is 29.6 Å². The molecular weight excluding hydrogens is 480 g/mol. The van der Waals surface area contributed by atoms with Gasteiger partial charge < -0.3 is 24.4 Å². The molecule has 0 saturated carbocycles. The van der Waals surface area contributed by atoms with E-state index < -0.39 is 17.7 Å². The first-order valence-electron chi connectivity index (χ1n) is 12.2. The van der Waals surface area contributed by atoms with Crippen LogP contribution in [0, 0.1) is 0 Å². The van der Waals surface area contributed by atoms with E-state index in [2.05, 4.69) is 0 Å². The van der Waals surface area contributed by atoms with E-state index in [1.54, 1.807) is 36.0 Å². The first kappa shape index (κ1) is 25.8. The van der Waals surface area contributed by atoms with Crippen LogP contribution in [0.1, 0.15) is 61.6 Å². The highest BCUT2D eigenvalue weighted by Crippen LogP contribution is 2.44. The molecule has 2 saturated heterocycles. The van der Waals surface area contributed by atoms with E-state index >= 15 is 0 Å². The first-order chi connectivity index (χ1) is 17.3. The lowest BCUT2D eigenvalue weighted by Crippen LogP contribution is -2.48. The Hall–Kier alpha value is -3.33. The number of amides is 2. The molecule has 0 radical (unpaired) electrons. The number of methoxy groups -OCH3 is 1. The van der Waals surface area contributed by atoms with Crippen molar-refractivity contribution in [1.82, 2.24) is 9.80 Å². The summed E-state index contributed by atoms with van der Waals surface area (Å²) in [5.41, 5.74) is 1.46. The summed E-state index contributed by atoms with van der Waals surface area (Å²) in [5.74, 6) is -0.677. The largest absolute Gasteiger partial charge is 0.507 e. The van der Waals surface area contributed by atoms with Gasteiger partial charge in [0.05, 0.1) is 25.3 Å². The van der Waals surface area contributed by atoms with Crippen LogP contribution in [0.3, 0.4) is 0 Å². The van der Waals surface area contributed by atoms with Crippen molar-refractivity contribution in [3.8, 4) is 5.75 Å². The number of rotatable bonds is 6. The fourth-order valence-electron chi connectivity index (χ4n) is 4.98. The topological polar surface area (TPSA) is 96.4 Å². The number of carbonyl (C=O) groups is 3. The predicted octanol–water partition coefficient (Wildman–Crippen LogP) is 4.92. The number of ketones is 1. The third kappa shape index (κ3) is 4.72. The Balaban J connectivity index is 1.72. The van der Waals surface area contributed by atoms with E-state index in [0.29, 0.717) is 43.9 Å². The average Bonchev–Trinajstić information content (AvgIpc) is 3.50. The molecule has 1 aromatic heterocycles. The average molecular weight is 513 g/mol. The molecule has 2 fully saturated rings. The van der Waals surface area contributed by atoms with Gasteiger partial charge in [-0.25, -0.2) is 4.79 Å². The number of nitrogens with zero attached hydrogens (tertiary/aromatic N) is 2. The van der Waals surface area contributed by atoms with Crippen LogP contribution in [-0.4, -0.2) is 65.5 Å². The quantitative estimate of drug-likeness (QED) is 0.335. The van der Waals surface area contributed by atoms with Crippen LogP contribution in [-0.2, 0) is 14.3 Å². The number of hydrogen-bond acceptors (Lipinski definition) is 7. The summed E-state index contributed by atoms with van der Waals surface area (Å²) in [6.07, 6.45) is 0.676. The molecule has 2 aromatic rings. The number of benzene rings is 1. The highest BCUT2D eigenvalue weighted by molar-refractivity contribution is 7.10. The highest BCUT2D eigenvalue weighted by atomic mass is 32.1. The van der Waals surface area contributed by atoms with Gasteiger partial charge in [0.2, 0.25) is 0 Å². The predicted molar refractivity (Wildman–Crippen MR) is 137 cm³/mol. The van der Waals surface area contributed by atoms with E-state index in [1.165, 1.54) is 11.3 Å². The van der Waals surface area contributed by atoms with Crippen LogP contribution in [0.25, 0.3) is 5.76 Å².